The zero-order valence-electron chi connectivity index (χ0n) is 13.4. The Kier molecular flexibility index (Phi) is 3.85. The van der Waals surface area contributed by atoms with Crippen LogP contribution in [0.2, 0.25) is 5.02 Å². The van der Waals surface area contributed by atoms with Crippen molar-refractivity contribution in [2.45, 2.75) is 6.54 Å². The first kappa shape index (κ1) is 15.6. The molecule has 0 radical (unpaired) electrons. The molecule has 0 aliphatic carbocycles. The molecule has 0 saturated carbocycles. The fourth-order valence-electron chi connectivity index (χ4n) is 2.75. The summed E-state index contributed by atoms with van der Waals surface area (Å²) in [6, 6.07) is 8.76. The number of aromatic nitrogens is 4. The van der Waals surface area contributed by atoms with Crippen LogP contribution < -0.4 is 10.1 Å². The molecule has 25 heavy (non-hydrogen) atoms. The lowest BCUT2D eigenvalue weighted by molar-refractivity contribution is 0.0924. The number of nitrogens with one attached hydrogen (secondary N) is 1. The Hall–Kier alpha value is -2.93. The van der Waals surface area contributed by atoms with E-state index in [1.165, 1.54) is 0 Å². The van der Waals surface area contributed by atoms with Gasteiger partial charge in [0.05, 0.1) is 24.9 Å². The number of hydrogen-bond acceptors (Lipinski definition) is 5. The molecule has 1 aliphatic heterocycles. The van der Waals surface area contributed by atoms with E-state index in [2.05, 4.69) is 20.4 Å². The smallest absolute Gasteiger partial charge is 0.269 e. The Morgan fingerprint density at radius 1 is 1.24 bits per heavy atom. The summed E-state index contributed by atoms with van der Waals surface area (Å²) in [4.78, 5) is 20.8. The topological polar surface area (TPSA) is 81.9 Å². The molecule has 8 heteroatoms. The molecular weight excluding hydrogens is 342 g/mol. The van der Waals surface area contributed by atoms with Gasteiger partial charge in [0.25, 0.3) is 5.91 Å². The number of halogens is 1. The molecule has 1 amide bonds. The van der Waals surface area contributed by atoms with Crippen LogP contribution in [-0.2, 0) is 6.54 Å². The number of nitrogens with zero attached hydrogens (tertiary/aromatic N) is 4. The summed E-state index contributed by atoms with van der Waals surface area (Å²) in [5.41, 5.74) is 2.47. The third-order valence-corrected chi connectivity index (χ3v) is 4.18. The highest BCUT2D eigenvalue weighted by Crippen LogP contribution is 2.31. The van der Waals surface area contributed by atoms with Crippen LogP contribution in [0, 0.1) is 0 Å². The first-order valence-electron chi connectivity index (χ1n) is 7.69. The number of carbonyl (C=O) groups is 1. The lowest BCUT2D eigenvalue weighted by Crippen LogP contribution is -2.35. The zero-order valence-corrected chi connectivity index (χ0v) is 14.1. The van der Waals surface area contributed by atoms with Crippen molar-refractivity contribution < 1.29 is 9.53 Å². The number of amides is 1. The third-order valence-electron chi connectivity index (χ3n) is 3.94. The first-order chi connectivity index (χ1) is 12.2. The maximum atomic E-state index is 11.9. The van der Waals surface area contributed by atoms with Crippen molar-refractivity contribution in [1.29, 1.82) is 0 Å². The molecule has 126 valence electrons. The number of rotatable bonds is 3. The highest BCUT2D eigenvalue weighted by atomic mass is 35.5. The lowest BCUT2D eigenvalue weighted by atomic mass is 10.1. The molecule has 7 nitrogen and oxygen atoms in total. The lowest BCUT2D eigenvalue weighted by Gasteiger charge is -2.13. The number of benzene rings is 1. The average Bonchev–Trinajstić information content (AvgIpc) is 3.08. The molecule has 3 aromatic rings. The summed E-state index contributed by atoms with van der Waals surface area (Å²) in [7, 11) is 1.58. The second kappa shape index (κ2) is 6.18. The molecular formula is C17H14ClN5O2. The van der Waals surface area contributed by atoms with Crippen LogP contribution in [0.15, 0.2) is 36.5 Å². The van der Waals surface area contributed by atoms with Gasteiger partial charge >= 0.3 is 0 Å². The fraction of sp³-hybridized carbons (Fsp3) is 0.176. The predicted octanol–water partition coefficient (Wildman–Crippen LogP) is 2.41. The number of methoxy groups -OCH3 is 1. The van der Waals surface area contributed by atoms with Gasteiger partial charge in [-0.1, -0.05) is 11.6 Å². The monoisotopic (exact) mass is 355 g/mol. The van der Waals surface area contributed by atoms with Crippen LogP contribution in [0.1, 0.15) is 10.5 Å². The van der Waals surface area contributed by atoms with Crippen LogP contribution in [0.3, 0.4) is 0 Å². The first-order valence-corrected chi connectivity index (χ1v) is 8.07. The molecule has 1 aliphatic rings. The third kappa shape index (κ3) is 2.83. The van der Waals surface area contributed by atoms with E-state index in [0.717, 1.165) is 0 Å². The van der Waals surface area contributed by atoms with Gasteiger partial charge in [-0.05, 0) is 30.3 Å². The van der Waals surface area contributed by atoms with Crippen LogP contribution in [0.5, 0.6) is 5.75 Å². The van der Waals surface area contributed by atoms with E-state index in [9.17, 15) is 4.79 Å². The van der Waals surface area contributed by atoms with E-state index in [0.29, 0.717) is 52.3 Å². The molecule has 3 heterocycles. The Balaban J connectivity index is 1.78. The van der Waals surface area contributed by atoms with Crippen LogP contribution >= 0.6 is 11.6 Å². The van der Waals surface area contributed by atoms with E-state index < -0.39 is 0 Å². The number of hydrogen-bond donors (Lipinski definition) is 1. The molecule has 0 spiro atoms. The number of carbonyl (C=O) groups excluding carboxylic acids is 1. The van der Waals surface area contributed by atoms with Gasteiger partial charge in [0, 0.05) is 17.8 Å². The van der Waals surface area contributed by atoms with Gasteiger partial charge in [-0.15, -0.1) is 0 Å². The average molecular weight is 356 g/mol. The van der Waals surface area contributed by atoms with E-state index in [1.807, 2.05) is 0 Å². The van der Waals surface area contributed by atoms with Crippen molar-refractivity contribution >= 4 is 17.5 Å². The SMILES string of the molecule is COc1ccc(Cl)cc1-c1nccc(-c2cc3n(n2)CCNC3=O)n1. The van der Waals surface area contributed by atoms with Crippen molar-refractivity contribution in [2.75, 3.05) is 13.7 Å². The van der Waals surface area contributed by atoms with E-state index >= 15 is 0 Å². The predicted molar refractivity (Wildman–Crippen MR) is 92.6 cm³/mol. The second-order valence-electron chi connectivity index (χ2n) is 5.50. The van der Waals surface area contributed by atoms with Gasteiger partial charge in [0.15, 0.2) is 5.82 Å². The van der Waals surface area contributed by atoms with Crippen LogP contribution in [0.25, 0.3) is 22.8 Å². The summed E-state index contributed by atoms with van der Waals surface area (Å²) in [6.07, 6.45) is 1.65. The Labute approximate surface area is 148 Å². The summed E-state index contributed by atoms with van der Waals surface area (Å²) in [6.45, 7) is 1.21. The van der Waals surface area contributed by atoms with Gasteiger partial charge in [0.2, 0.25) is 0 Å². The normalized spacial score (nSPS) is 13.3. The van der Waals surface area contributed by atoms with Gasteiger partial charge < -0.3 is 10.1 Å². The molecule has 2 aromatic heterocycles. The molecule has 4 rings (SSSR count). The van der Waals surface area contributed by atoms with Crippen LogP contribution in [0.4, 0.5) is 0 Å². The van der Waals surface area contributed by atoms with Crippen molar-refractivity contribution in [3.63, 3.8) is 0 Å². The second-order valence-corrected chi connectivity index (χ2v) is 5.94. The Morgan fingerprint density at radius 2 is 2.12 bits per heavy atom. The van der Waals surface area contributed by atoms with E-state index in [1.54, 1.807) is 48.3 Å². The van der Waals surface area contributed by atoms with E-state index in [-0.39, 0.29) is 5.91 Å². The van der Waals surface area contributed by atoms with Gasteiger partial charge in [-0.3, -0.25) is 9.48 Å². The summed E-state index contributed by atoms with van der Waals surface area (Å²) in [5.74, 6) is 0.980. The standard InChI is InChI=1S/C17H14ClN5O2/c1-25-15-3-2-10(18)8-11(15)16-19-5-4-12(21-16)13-9-14-17(24)20-6-7-23(14)22-13/h2-5,8-9H,6-7H2,1H3,(H,20,24). The summed E-state index contributed by atoms with van der Waals surface area (Å²) in [5, 5.41) is 7.84. The molecule has 0 saturated heterocycles. The fourth-order valence-corrected chi connectivity index (χ4v) is 2.92. The zero-order chi connectivity index (χ0) is 17.4. The van der Waals surface area contributed by atoms with Gasteiger partial charge in [-0.25, -0.2) is 9.97 Å². The maximum absolute atomic E-state index is 11.9. The minimum atomic E-state index is -0.129. The largest absolute Gasteiger partial charge is 0.496 e. The van der Waals surface area contributed by atoms with Gasteiger partial charge in [-0.2, -0.15) is 5.10 Å². The summed E-state index contributed by atoms with van der Waals surface area (Å²) < 4.78 is 7.06. The van der Waals surface area contributed by atoms with E-state index in [4.69, 9.17) is 16.3 Å². The quantitative estimate of drug-likeness (QED) is 0.780. The Bertz CT molecular complexity index is 969. The molecule has 0 fully saturated rings. The van der Waals surface area contributed by atoms with Crippen LogP contribution in [-0.4, -0.2) is 39.3 Å². The molecule has 1 N–H and O–H groups in total. The van der Waals surface area contributed by atoms with Gasteiger partial charge in [0.1, 0.15) is 17.1 Å². The molecule has 1 aromatic carbocycles. The van der Waals surface area contributed by atoms with Crippen molar-refractivity contribution in [1.82, 2.24) is 25.1 Å². The van der Waals surface area contributed by atoms with Crippen molar-refractivity contribution in [2.24, 2.45) is 0 Å². The van der Waals surface area contributed by atoms with Crippen molar-refractivity contribution in [3.05, 3.63) is 47.2 Å². The summed E-state index contributed by atoms with van der Waals surface area (Å²) >= 11 is 6.09. The number of ether oxygens (including phenoxy) is 1. The minimum absolute atomic E-state index is 0.129. The maximum Gasteiger partial charge on any atom is 0.269 e. The molecule has 0 bridgehead atoms. The number of fused-ring (bicyclic) bond motifs is 1. The molecule has 0 unspecified atom stereocenters. The van der Waals surface area contributed by atoms with Crippen molar-refractivity contribution in [3.8, 4) is 28.5 Å². The molecule has 0 atom stereocenters. The minimum Gasteiger partial charge on any atom is -0.496 e. The highest BCUT2D eigenvalue weighted by Gasteiger charge is 2.20. The Morgan fingerprint density at radius 3 is 2.92 bits per heavy atom. The highest BCUT2D eigenvalue weighted by molar-refractivity contribution is 6.30.